The Bertz CT molecular complexity index is 564. The molecule has 1 aliphatic rings. The first-order chi connectivity index (χ1) is 8.83. The number of nitrogens with zero attached hydrogens (tertiary/aromatic N) is 2. The molecule has 1 aliphatic carbocycles. The second-order valence-electron chi connectivity index (χ2n) is 4.50. The third-order valence-electron chi connectivity index (χ3n) is 3.25. The monoisotopic (exact) mass is 258 g/mol. The fourth-order valence-corrected chi connectivity index (χ4v) is 2.56. The third-order valence-corrected chi connectivity index (χ3v) is 4.09. The Morgan fingerprint density at radius 3 is 2.94 bits per heavy atom. The van der Waals surface area contributed by atoms with Crippen molar-refractivity contribution in [1.29, 1.82) is 0 Å². The van der Waals surface area contributed by atoms with E-state index in [9.17, 15) is 4.79 Å². The van der Waals surface area contributed by atoms with Crippen molar-refractivity contribution in [2.45, 2.75) is 19.3 Å². The van der Waals surface area contributed by atoms with Crippen molar-refractivity contribution in [3.63, 3.8) is 0 Å². The maximum atomic E-state index is 12.0. The van der Waals surface area contributed by atoms with Gasteiger partial charge in [0.05, 0.1) is 5.69 Å². The second-order valence-corrected chi connectivity index (χ2v) is 5.48. The Morgan fingerprint density at radius 1 is 1.39 bits per heavy atom. The first-order valence-corrected chi connectivity index (χ1v) is 7.02. The molecule has 92 valence electrons. The molecule has 3 nitrogen and oxygen atoms in total. The lowest BCUT2D eigenvalue weighted by Gasteiger charge is -2.22. The standard InChI is InChI=1S/C14H14N2OS/c17-14(11-3-1-4-11)16-9-8-12(15-16)6-7-13-5-2-10-18-13/h2,5-11H,1,3-4H2/b7-6+. The van der Waals surface area contributed by atoms with E-state index in [0.717, 1.165) is 18.5 Å². The topological polar surface area (TPSA) is 34.9 Å². The van der Waals surface area contributed by atoms with E-state index in [-0.39, 0.29) is 11.8 Å². The van der Waals surface area contributed by atoms with E-state index in [1.165, 1.54) is 16.0 Å². The zero-order valence-electron chi connectivity index (χ0n) is 9.95. The largest absolute Gasteiger partial charge is 0.272 e. The van der Waals surface area contributed by atoms with Crippen LogP contribution >= 0.6 is 11.3 Å². The van der Waals surface area contributed by atoms with Crippen molar-refractivity contribution in [3.05, 3.63) is 40.3 Å². The van der Waals surface area contributed by atoms with Crippen molar-refractivity contribution in [1.82, 2.24) is 9.78 Å². The number of aromatic nitrogens is 2. The van der Waals surface area contributed by atoms with Gasteiger partial charge in [-0.25, -0.2) is 4.68 Å². The number of hydrogen-bond donors (Lipinski definition) is 0. The summed E-state index contributed by atoms with van der Waals surface area (Å²) >= 11 is 1.68. The second kappa shape index (κ2) is 4.90. The lowest BCUT2D eigenvalue weighted by atomic mass is 9.85. The van der Waals surface area contributed by atoms with Gasteiger partial charge >= 0.3 is 0 Å². The summed E-state index contributed by atoms with van der Waals surface area (Å²) in [4.78, 5) is 13.1. The number of carbonyl (C=O) groups excluding carboxylic acids is 1. The molecule has 0 N–H and O–H groups in total. The highest BCUT2D eigenvalue weighted by Crippen LogP contribution is 2.27. The molecule has 2 aromatic heterocycles. The summed E-state index contributed by atoms with van der Waals surface area (Å²) in [6.45, 7) is 0. The van der Waals surface area contributed by atoms with Crippen molar-refractivity contribution in [2.24, 2.45) is 5.92 Å². The van der Waals surface area contributed by atoms with E-state index >= 15 is 0 Å². The number of rotatable bonds is 3. The summed E-state index contributed by atoms with van der Waals surface area (Å²) in [6, 6.07) is 5.95. The van der Waals surface area contributed by atoms with E-state index < -0.39 is 0 Å². The van der Waals surface area contributed by atoms with Crippen LogP contribution in [0.1, 0.15) is 34.6 Å². The Kier molecular flexibility index (Phi) is 3.11. The molecule has 0 atom stereocenters. The molecule has 0 unspecified atom stereocenters. The van der Waals surface area contributed by atoms with Crippen LogP contribution in [0.4, 0.5) is 0 Å². The molecule has 0 spiro atoms. The average Bonchev–Trinajstić information content (AvgIpc) is 2.95. The molecule has 0 radical (unpaired) electrons. The summed E-state index contributed by atoms with van der Waals surface area (Å²) in [6.07, 6.45) is 8.91. The van der Waals surface area contributed by atoms with E-state index in [1.807, 2.05) is 29.7 Å². The van der Waals surface area contributed by atoms with Crippen LogP contribution in [0.15, 0.2) is 29.8 Å². The van der Waals surface area contributed by atoms with Gasteiger partial charge in [0.1, 0.15) is 0 Å². The van der Waals surface area contributed by atoms with Crippen molar-refractivity contribution in [2.75, 3.05) is 0 Å². The minimum Gasteiger partial charge on any atom is -0.272 e. The van der Waals surface area contributed by atoms with Crippen LogP contribution in [-0.4, -0.2) is 15.7 Å². The first-order valence-electron chi connectivity index (χ1n) is 6.14. The molecule has 18 heavy (non-hydrogen) atoms. The normalized spacial score (nSPS) is 16.0. The summed E-state index contributed by atoms with van der Waals surface area (Å²) in [7, 11) is 0. The highest BCUT2D eigenvalue weighted by Gasteiger charge is 2.26. The van der Waals surface area contributed by atoms with Gasteiger partial charge in [-0.2, -0.15) is 5.10 Å². The maximum absolute atomic E-state index is 12.0. The van der Waals surface area contributed by atoms with Gasteiger partial charge < -0.3 is 0 Å². The Hall–Kier alpha value is -1.68. The minimum atomic E-state index is 0.136. The quantitative estimate of drug-likeness (QED) is 0.843. The first kappa shape index (κ1) is 11.4. The minimum absolute atomic E-state index is 0.136. The molecule has 3 rings (SSSR count). The molecule has 2 aromatic rings. The molecule has 0 saturated heterocycles. The molecule has 0 aliphatic heterocycles. The Labute approximate surface area is 110 Å². The molecule has 2 heterocycles. The van der Waals surface area contributed by atoms with Gasteiger partial charge in [0.25, 0.3) is 0 Å². The molecule has 1 fully saturated rings. The highest BCUT2D eigenvalue weighted by molar-refractivity contribution is 7.10. The van der Waals surface area contributed by atoms with Gasteiger partial charge in [-0.05, 0) is 42.5 Å². The summed E-state index contributed by atoms with van der Waals surface area (Å²) in [5.74, 6) is 0.330. The number of hydrogen-bond acceptors (Lipinski definition) is 3. The highest BCUT2D eigenvalue weighted by atomic mass is 32.1. The van der Waals surface area contributed by atoms with Crippen LogP contribution in [0.3, 0.4) is 0 Å². The molecule has 1 saturated carbocycles. The van der Waals surface area contributed by atoms with Crippen molar-refractivity contribution >= 4 is 29.4 Å². The Balaban J connectivity index is 1.71. The van der Waals surface area contributed by atoms with Crippen LogP contribution in [0, 0.1) is 5.92 Å². The molecule has 0 aromatic carbocycles. The summed E-state index contributed by atoms with van der Waals surface area (Å²) in [5.41, 5.74) is 0.830. The third kappa shape index (κ3) is 2.29. The summed E-state index contributed by atoms with van der Waals surface area (Å²) < 4.78 is 1.48. The van der Waals surface area contributed by atoms with Gasteiger partial charge in [-0.1, -0.05) is 12.5 Å². The SMILES string of the molecule is O=C(C1CCC1)n1ccc(/C=C/c2cccs2)n1. The van der Waals surface area contributed by atoms with E-state index in [2.05, 4.69) is 11.2 Å². The van der Waals surface area contributed by atoms with E-state index in [1.54, 1.807) is 17.5 Å². The van der Waals surface area contributed by atoms with Gasteiger partial charge in [-0.15, -0.1) is 11.3 Å². The van der Waals surface area contributed by atoms with Crippen molar-refractivity contribution in [3.8, 4) is 0 Å². The number of thiophene rings is 1. The van der Waals surface area contributed by atoms with Crippen LogP contribution in [0.25, 0.3) is 12.2 Å². The molecular weight excluding hydrogens is 244 g/mol. The Morgan fingerprint density at radius 2 is 2.28 bits per heavy atom. The van der Waals surface area contributed by atoms with Crippen molar-refractivity contribution < 1.29 is 4.79 Å². The van der Waals surface area contributed by atoms with E-state index in [4.69, 9.17) is 0 Å². The zero-order valence-corrected chi connectivity index (χ0v) is 10.8. The van der Waals surface area contributed by atoms with Gasteiger partial charge in [-0.3, -0.25) is 4.79 Å². The average molecular weight is 258 g/mol. The molecule has 4 heteroatoms. The van der Waals surface area contributed by atoms with Crippen LogP contribution in [0.2, 0.25) is 0 Å². The van der Waals surface area contributed by atoms with Crippen LogP contribution in [0.5, 0.6) is 0 Å². The van der Waals surface area contributed by atoms with Gasteiger partial charge in [0.2, 0.25) is 5.91 Å². The molecular formula is C14H14N2OS. The fraction of sp³-hybridized carbons (Fsp3) is 0.286. The zero-order chi connectivity index (χ0) is 12.4. The smallest absolute Gasteiger partial charge is 0.249 e. The number of carbonyl (C=O) groups is 1. The lowest BCUT2D eigenvalue weighted by Crippen LogP contribution is -2.27. The predicted octanol–water partition coefficient (Wildman–Crippen LogP) is 3.56. The van der Waals surface area contributed by atoms with E-state index in [0.29, 0.717) is 0 Å². The van der Waals surface area contributed by atoms with Crippen LogP contribution in [-0.2, 0) is 0 Å². The summed E-state index contributed by atoms with van der Waals surface area (Å²) in [5, 5.41) is 6.34. The fourth-order valence-electron chi connectivity index (χ4n) is 1.95. The maximum Gasteiger partial charge on any atom is 0.249 e. The molecule has 0 amide bonds. The van der Waals surface area contributed by atoms with Crippen LogP contribution < -0.4 is 0 Å². The van der Waals surface area contributed by atoms with Gasteiger partial charge in [0.15, 0.2) is 0 Å². The predicted molar refractivity (Wildman–Crippen MR) is 73.4 cm³/mol. The molecule has 0 bridgehead atoms. The van der Waals surface area contributed by atoms with Gasteiger partial charge in [0, 0.05) is 17.0 Å². The lowest BCUT2D eigenvalue weighted by molar-refractivity contribution is 0.0747.